The SMILES string of the molecule is C[C@@H]1CCCN(C(=O)CCCOc2ccc(S(C)(=O)=O)cc2)C1. The summed E-state index contributed by atoms with van der Waals surface area (Å²) in [5.74, 6) is 1.42. The molecule has 6 heteroatoms. The number of carbonyl (C=O) groups excluding carboxylic acids is 1. The molecule has 1 heterocycles. The summed E-state index contributed by atoms with van der Waals surface area (Å²) in [6.45, 7) is 4.37. The first-order valence-corrected chi connectivity index (χ1v) is 9.96. The maximum absolute atomic E-state index is 12.1. The molecule has 0 saturated carbocycles. The van der Waals surface area contributed by atoms with Gasteiger partial charge in [0.15, 0.2) is 9.84 Å². The van der Waals surface area contributed by atoms with Crippen LogP contribution >= 0.6 is 0 Å². The molecule has 1 atom stereocenters. The van der Waals surface area contributed by atoms with E-state index >= 15 is 0 Å². The van der Waals surface area contributed by atoms with Gasteiger partial charge < -0.3 is 9.64 Å². The molecule has 128 valence electrons. The van der Waals surface area contributed by atoms with Crippen LogP contribution in [-0.2, 0) is 14.6 Å². The third kappa shape index (κ3) is 5.53. The quantitative estimate of drug-likeness (QED) is 0.747. The van der Waals surface area contributed by atoms with Crippen molar-refractivity contribution in [3.8, 4) is 5.75 Å². The van der Waals surface area contributed by atoms with E-state index in [0.717, 1.165) is 19.5 Å². The van der Waals surface area contributed by atoms with Gasteiger partial charge in [-0.15, -0.1) is 0 Å². The highest BCUT2D eigenvalue weighted by Gasteiger charge is 2.20. The van der Waals surface area contributed by atoms with Crippen LogP contribution in [0.4, 0.5) is 0 Å². The van der Waals surface area contributed by atoms with E-state index in [1.165, 1.54) is 24.8 Å². The molecule has 1 saturated heterocycles. The Bertz CT molecular complexity index is 624. The smallest absolute Gasteiger partial charge is 0.222 e. The first kappa shape index (κ1) is 17.8. The maximum atomic E-state index is 12.1. The van der Waals surface area contributed by atoms with Gasteiger partial charge in [-0.1, -0.05) is 6.92 Å². The summed E-state index contributed by atoms with van der Waals surface area (Å²) in [4.78, 5) is 14.3. The highest BCUT2D eigenvalue weighted by atomic mass is 32.2. The Morgan fingerprint density at radius 2 is 2.00 bits per heavy atom. The Hall–Kier alpha value is -1.56. The van der Waals surface area contributed by atoms with Gasteiger partial charge in [-0.3, -0.25) is 4.79 Å². The number of hydrogen-bond acceptors (Lipinski definition) is 4. The number of benzene rings is 1. The predicted octanol–water partition coefficient (Wildman–Crippen LogP) is 2.51. The van der Waals surface area contributed by atoms with Gasteiger partial charge in [-0.05, 0) is 49.4 Å². The molecule has 1 amide bonds. The minimum atomic E-state index is -3.18. The Balaban J connectivity index is 1.72. The Labute approximate surface area is 138 Å². The van der Waals surface area contributed by atoms with Gasteiger partial charge >= 0.3 is 0 Å². The van der Waals surface area contributed by atoms with Crippen LogP contribution < -0.4 is 4.74 Å². The van der Waals surface area contributed by atoms with Gasteiger partial charge in [0.05, 0.1) is 11.5 Å². The van der Waals surface area contributed by atoms with Crippen LogP contribution in [0.15, 0.2) is 29.2 Å². The number of sulfone groups is 1. The number of piperidine rings is 1. The Morgan fingerprint density at radius 3 is 2.61 bits per heavy atom. The fourth-order valence-corrected chi connectivity index (χ4v) is 3.40. The molecule has 1 aliphatic rings. The molecular formula is C17H25NO4S. The van der Waals surface area contributed by atoms with Gasteiger partial charge in [0.2, 0.25) is 5.91 Å². The van der Waals surface area contributed by atoms with Crippen LogP contribution in [0, 0.1) is 5.92 Å². The van der Waals surface area contributed by atoms with E-state index < -0.39 is 9.84 Å². The van der Waals surface area contributed by atoms with Crippen molar-refractivity contribution in [2.24, 2.45) is 5.92 Å². The molecule has 0 aliphatic carbocycles. The average molecular weight is 339 g/mol. The first-order chi connectivity index (χ1) is 10.9. The van der Waals surface area contributed by atoms with E-state index in [4.69, 9.17) is 4.74 Å². The molecular weight excluding hydrogens is 314 g/mol. The number of rotatable bonds is 6. The van der Waals surface area contributed by atoms with Crippen molar-refractivity contribution in [1.82, 2.24) is 4.90 Å². The summed E-state index contributed by atoms with van der Waals surface area (Å²) in [6, 6.07) is 6.35. The molecule has 5 nitrogen and oxygen atoms in total. The zero-order valence-corrected chi connectivity index (χ0v) is 14.6. The van der Waals surface area contributed by atoms with E-state index in [0.29, 0.717) is 31.1 Å². The van der Waals surface area contributed by atoms with Crippen LogP contribution in [-0.4, -0.2) is 45.2 Å². The highest BCUT2D eigenvalue weighted by Crippen LogP contribution is 2.18. The molecule has 1 aromatic carbocycles. The third-order valence-corrected chi connectivity index (χ3v) is 5.19. The van der Waals surface area contributed by atoms with Crippen molar-refractivity contribution >= 4 is 15.7 Å². The number of ether oxygens (including phenoxy) is 1. The number of nitrogens with zero attached hydrogens (tertiary/aromatic N) is 1. The molecule has 0 unspecified atom stereocenters. The molecule has 0 radical (unpaired) electrons. The maximum Gasteiger partial charge on any atom is 0.222 e. The van der Waals surface area contributed by atoms with Gasteiger partial charge in [0.25, 0.3) is 0 Å². The molecule has 0 bridgehead atoms. The van der Waals surface area contributed by atoms with Crippen molar-refractivity contribution in [2.75, 3.05) is 26.0 Å². The largest absolute Gasteiger partial charge is 0.494 e. The lowest BCUT2D eigenvalue weighted by Gasteiger charge is -2.31. The van der Waals surface area contributed by atoms with E-state index in [2.05, 4.69) is 6.92 Å². The fourth-order valence-electron chi connectivity index (χ4n) is 2.77. The van der Waals surface area contributed by atoms with Crippen molar-refractivity contribution < 1.29 is 17.9 Å². The zero-order chi connectivity index (χ0) is 16.9. The van der Waals surface area contributed by atoms with Crippen molar-refractivity contribution in [2.45, 2.75) is 37.5 Å². The molecule has 0 spiro atoms. The van der Waals surface area contributed by atoms with E-state index in [1.54, 1.807) is 12.1 Å². The molecule has 0 aromatic heterocycles. The summed E-state index contributed by atoms with van der Waals surface area (Å²) in [7, 11) is -3.18. The minimum absolute atomic E-state index is 0.201. The molecule has 23 heavy (non-hydrogen) atoms. The molecule has 1 fully saturated rings. The second-order valence-electron chi connectivity index (χ2n) is 6.28. The van der Waals surface area contributed by atoms with Crippen LogP contribution in [0.25, 0.3) is 0 Å². The summed E-state index contributed by atoms with van der Waals surface area (Å²) in [5, 5.41) is 0. The number of carbonyl (C=O) groups is 1. The van der Waals surface area contributed by atoms with Crippen LogP contribution in [0.2, 0.25) is 0 Å². The molecule has 1 aromatic rings. The van der Waals surface area contributed by atoms with Crippen LogP contribution in [0.3, 0.4) is 0 Å². The predicted molar refractivity (Wildman–Crippen MR) is 89.3 cm³/mol. The normalized spacial score (nSPS) is 18.7. The van der Waals surface area contributed by atoms with Crippen LogP contribution in [0.1, 0.15) is 32.6 Å². The van der Waals surface area contributed by atoms with Crippen molar-refractivity contribution in [1.29, 1.82) is 0 Å². The second kappa shape index (κ2) is 7.81. The highest BCUT2D eigenvalue weighted by molar-refractivity contribution is 7.90. The average Bonchev–Trinajstić information content (AvgIpc) is 2.51. The lowest BCUT2D eigenvalue weighted by molar-refractivity contribution is -0.133. The third-order valence-electron chi connectivity index (χ3n) is 4.07. The lowest BCUT2D eigenvalue weighted by Crippen LogP contribution is -2.39. The van der Waals surface area contributed by atoms with Crippen molar-refractivity contribution in [3.63, 3.8) is 0 Å². The zero-order valence-electron chi connectivity index (χ0n) is 13.8. The summed E-state index contributed by atoms with van der Waals surface area (Å²) >= 11 is 0. The molecule has 1 aliphatic heterocycles. The van der Waals surface area contributed by atoms with E-state index in [1.807, 2.05) is 4.90 Å². The monoisotopic (exact) mass is 339 g/mol. The summed E-state index contributed by atoms with van der Waals surface area (Å²) in [6.07, 6.45) is 4.63. The molecule has 2 rings (SSSR count). The summed E-state index contributed by atoms with van der Waals surface area (Å²) in [5.41, 5.74) is 0. The van der Waals surface area contributed by atoms with Gasteiger partial charge in [-0.2, -0.15) is 0 Å². The van der Waals surface area contributed by atoms with E-state index in [-0.39, 0.29) is 10.8 Å². The van der Waals surface area contributed by atoms with Gasteiger partial charge in [0.1, 0.15) is 5.75 Å². The van der Waals surface area contributed by atoms with Crippen molar-refractivity contribution in [3.05, 3.63) is 24.3 Å². The number of amides is 1. The first-order valence-electron chi connectivity index (χ1n) is 8.07. The topological polar surface area (TPSA) is 63.7 Å². The Morgan fingerprint density at radius 1 is 1.30 bits per heavy atom. The number of hydrogen-bond donors (Lipinski definition) is 0. The molecule has 0 N–H and O–H groups in total. The lowest BCUT2D eigenvalue weighted by atomic mass is 10.00. The second-order valence-corrected chi connectivity index (χ2v) is 8.30. The fraction of sp³-hybridized carbons (Fsp3) is 0.588. The Kier molecular flexibility index (Phi) is 6.04. The van der Waals surface area contributed by atoms with Gasteiger partial charge in [0, 0.05) is 25.8 Å². The standard InChI is InChI=1S/C17H25NO4S/c1-14-5-3-11-18(13-14)17(19)6-4-12-22-15-7-9-16(10-8-15)23(2,20)21/h7-10,14H,3-6,11-13H2,1-2H3/t14-/m1/s1. The van der Waals surface area contributed by atoms with Gasteiger partial charge in [-0.25, -0.2) is 8.42 Å². The summed E-state index contributed by atoms with van der Waals surface area (Å²) < 4.78 is 28.3. The van der Waals surface area contributed by atoms with Crippen LogP contribution in [0.5, 0.6) is 5.75 Å². The minimum Gasteiger partial charge on any atom is -0.494 e. The van der Waals surface area contributed by atoms with E-state index in [9.17, 15) is 13.2 Å². The number of likely N-dealkylation sites (tertiary alicyclic amines) is 1.